The molecule has 0 aromatic rings. The zero-order valence-corrected chi connectivity index (χ0v) is 9.56. The maximum Gasteiger partial charge on any atom is 0.474 e. The summed E-state index contributed by atoms with van der Waals surface area (Å²) in [4.78, 5) is 0. The van der Waals surface area contributed by atoms with Gasteiger partial charge in [-0.1, -0.05) is 12.2 Å². The molecule has 0 N–H and O–H groups in total. The molecule has 5 heteroatoms. The molecule has 2 aliphatic carbocycles. The number of rotatable bonds is 1. The molecule has 0 radical (unpaired) electrons. The van der Waals surface area contributed by atoms with Crippen LogP contribution in [-0.2, 0) is 18.1 Å². The van der Waals surface area contributed by atoms with Crippen LogP contribution in [0.1, 0.15) is 6.42 Å². The van der Waals surface area contributed by atoms with Crippen LogP contribution < -0.4 is 0 Å². The number of hydrogen-bond acceptors (Lipinski definition) is 4. The molecule has 1 saturated heterocycles. The predicted octanol–water partition coefficient (Wildman–Crippen LogP) is 2.23. The summed E-state index contributed by atoms with van der Waals surface area (Å²) in [7, 11) is -1.87. The van der Waals surface area contributed by atoms with Crippen LogP contribution in [0.5, 0.6) is 0 Å². The van der Waals surface area contributed by atoms with Gasteiger partial charge in [0.1, 0.15) is 0 Å². The first-order valence-corrected chi connectivity index (χ1v) is 6.81. The van der Waals surface area contributed by atoms with Crippen LogP contribution in [0.2, 0.25) is 0 Å². The lowest BCUT2D eigenvalue weighted by atomic mass is 9.84. The van der Waals surface area contributed by atoms with Crippen molar-refractivity contribution in [1.82, 2.24) is 0 Å². The van der Waals surface area contributed by atoms with Crippen molar-refractivity contribution in [2.45, 2.75) is 6.42 Å². The van der Waals surface area contributed by atoms with E-state index in [0.717, 1.165) is 0 Å². The van der Waals surface area contributed by atoms with Gasteiger partial charge >= 0.3 is 7.82 Å². The molecule has 0 spiro atoms. The van der Waals surface area contributed by atoms with Crippen LogP contribution in [-0.4, -0.2) is 20.3 Å². The molecule has 3 rings (SSSR count). The molecule has 1 saturated carbocycles. The van der Waals surface area contributed by atoms with Gasteiger partial charge < -0.3 is 0 Å². The zero-order valence-electron chi connectivity index (χ0n) is 8.67. The summed E-state index contributed by atoms with van der Waals surface area (Å²) in [6.45, 7) is 1.00. The smallest absolute Gasteiger partial charge is 0.290 e. The fraction of sp³-hybridized carbons (Fsp3) is 0.800. The van der Waals surface area contributed by atoms with E-state index < -0.39 is 7.82 Å². The third-order valence-corrected chi connectivity index (χ3v) is 5.25. The minimum atomic E-state index is -3.24. The average Bonchev–Trinajstić information content (AvgIpc) is 2.79. The monoisotopic (exact) mass is 230 g/mol. The molecule has 4 nitrogen and oxygen atoms in total. The lowest BCUT2D eigenvalue weighted by molar-refractivity contribution is 0.143. The Morgan fingerprint density at radius 1 is 1.20 bits per heavy atom. The number of fused-ring (bicyclic) bond motifs is 5. The molecule has 84 valence electrons. The fourth-order valence-corrected chi connectivity index (χ4v) is 4.01. The van der Waals surface area contributed by atoms with Crippen LogP contribution in [0.25, 0.3) is 0 Å². The molecule has 1 aliphatic heterocycles. The summed E-state index contributed by atoms with van der Waals surface area (Å²) >= 11 is 0. The second-order valence-electron chi connectivity index (χ2n) is 4.50. The van der Waals surface area contributed by atoms with E-state index in [1.165, 1.54) is 13.5 Å². The second kappa shape index (κ2) is 3.42. The number of phosphoric acid groups is 1. The highest BCUT2D eigenvalue weighted by atomic mass is 31.2. The highest BCUT2D eigenvalue weighted by molar-refractivity contribution is 7.48. The van der Waals surface area contributed by atoms with Crippen molar-refractivity contribution in [2.24, 2.45) is 23.7 Å². The summed E-state index contributed by atoms with van der Waals surface area (Å²) < 4.78 is 27.2. The van der Waals surface area contributed by atoms with E-state index in [1.54, 1.807) is 0 Å². The van der Waals surface area contributed by atoms with E-state index in [2.05, 4.69) is 12.2 Å². The van der Waals surface area contributed by atoms with Gasteiger partial charge in [0, 0.05) is 7.11 Å². The van der Waals surface area contributed by atoms with Gasteiger partial charge in [-0.05, 0) is 30.1 Å². The molecule has 0 aromatic heterocycles. The fourth-order valence-electron chi connectivity index (χ4n) is 3.02. The molecule has 2 fully saturated rings. The number of hydrogen-bond donors (Lipinski definition) is 0. The lowest BCUT2D eigenvalue weighted by Crippen LogP contribution is -2.24. The van der Waals surface area contributed by atoms with Crippen LogP contribution >= 0.6 is 7.82 Å². The Bertz CT molecular complexity index is 314. The Balaban J connectivity index is 1.80. The number of allylic oxidation sites excluding steroid dienone is 2. The van der Waals surface area contributed by atoms with Crippen LogP contribution in [0, 0.1) is 23.7 Å². The quantitative estimate of drug-likeness (QED) is 0.511. The van der Waals surface area contributed by atoms with E-state index in [0.29, 0.717) is 36.9 Å². The maximum atomic E-state index is 11.8. The average molecular weight is 230 g/mol. The standard InChI is InChI=1S/C10H15O4P/c1-12-15(11)13-5-9-7-2-3-8(4-7)10(9)6-14-15/h2-3,7-10H,4-6H2,1H3/t7-,8?,9+,10-,15?/m0/s1. The Morgan fingerprint density at radius 3 is 2.20 bits per heavy atom. The van der Waals surface area contributed by atoms with Crippen molar-refractivity contribution in [1.29, 1.82) is 0 Å². The minimum Gasteiger partial charge on any atom is -0.290 e. The van der Waals surface area contributed by atoms with Gasteiger partial charge in [-0.3, -0.25) is 13.6 Å². The normalized spacial score (nSPS) is 52.9. The van der Waals surface area contributed by atoms with E-state index >= 15 is 0 Å². The summed E-state index contributed by atoms with van der Waals surface area (Å²) in [5, 5.41) is 0. The molecule has 15 heavy (non-hydrogen) atoms. The van der Waals surface area contributed by atoms with Gasteiger partial charge in [0.2, 0.25) is 0 Å². The summed E-state index contributed by atoms with van der Waals surface area (Å²) in [5.74, 6) is 2.11. The first-order valence-electron chi connectivity index (χ1n) is 5.35. The zero-order chi connectivity index (χ0) is 10.5. The molecular formula is C10H15O4P. The molecule has 0 aromatic carbocycles. The minimum absolute atomic E-state index is 0.464. The van der Waals surface area contributed by atoms with Gasteiger partial charge in [0.05, 0.1) is 13.2 Å². The Labute approximate surface area is 89.2 Å². The molecule has 2 bridgehead atoms. The van der Waals surface area contributed by atoms with Crippen LogP contribution in [0.4, 0.5) is 0 Å². The Hall–Kier alpha value is -0.150. The summed E-state index contributed by atoms with van der Waals surface area (Å²) in [6, 6.07) is 0. The summed E-state index contributed by atoms with van der Waals surface area (Å²) in [6.07, 6.45) is 5.73. The van der Waals surface area contributed by atoms with Crippen LogP contribution in [0.15, 0.2) is 12.2 Å². The Kier molecular flexibility index (Phi) is 2.29. The maximum absolute atomic E-state index is 11.8. The van der Waals surface area contributed by atoms with Gasteiger partial charge in [0.25, 0.3) is 0 Å². The van der Waals surface area contributed by atoms with Gasteiger partial charge in [-0.15, -0.1) is 0 Å². The van der Waals surface area contributed by atoms with Crippen molar-refractivity contribution in [3.8, 4) is 0 Å². The van der Waals surface area contributed by atoms with E-state index in [-0.39, 0.29) is 0 Å². The van der Waals surface area contributed by atoms with Crippen molar-refractivity contribution in [3.63, 3.8) is 0 Å². The topological polar surface area (TPSA) is 44.8 Å². The van der Waals surface area contributed by atoms with Crippen LogP contribution in [0.3, 0.4) is 0 Å². The van der Waals surface area contributed by atoms with E-state index in [4.69, 9.17) is 13.6 Å². The first kappa shape index (κ1) is 10.0. The Morgan fingerprint density at radius 2 is 1.73 bits per heavy atom. The van der Waals surface area contributed by atoms with Crippen molar-refractivity contribution in [3.05, 3.63) is 12.2 Å². The van der Waals surface area contributed by atoms with Gasteiger partial charge in [-0.25, -0.2) is 4.57 Å². The molecular weight excluding hydrogens is 215 g/mol. The molecule has 1 heterocycles. The van der Waals surface area contributed by atoms with Gasteiger partial charge in [-0.2, -0.15) is 0 Å². The largest absolute Gasteiger partial charge is 0.474 e. The third-order valence-electron chi connectivity index (χ3n) is 3.87. The van der Waals surface area contributed by atoms with Crippen molar-refractivity contribution in [2.75, 3.05) is 20.3 Å². The third kappa shape index (κ3) is 1.51. The SMILES string of the molecule is COP1(=O)OC[C@@H]2[C@H]3C=CC(C3)[C@@H]2CO1. The predicted molar refractivity (Wildman–Crippen MR) is 54.2 cm³/mol. The lowest BCUT2D eigenvalue weighted by Gasteiger charge is -2.23. The van der Waals surface area contributed by atoms with Crippen molar-refractivity contribution < 1.29 is 18.1 Å². The van der Waals surface area contributed by atoms with E-state index in [1.807, 2.05) is 0 Å². The highest BCUT2D eigenvalue weighted by Crippen LogP contribution is 2.57. The summed E-state index contributed by atoms with van der Waals surface area (Å²) in [5.41, 5.74) is 0. The molecule has 3 aliphatic rings. The molecule has 5 atom stereocenters. The number of phosphoric ester groups is 1. The van der Waals surface area contributed by atoms with E-state index in [9.17, 15) is 4.57 Å². The molecule has 0 amide bonds. The second-order valence-corrected chi connectivity index (χ2v) is 6.27. The van der Waals surface area contributed by atoms with Gasteiger partial charge in [0.15, 0.2) is 0 Å². The van der Waals surface area contributed by atoms with Crippen molar-refractivity contribution >= 4 is 7.82 Å². The molecule has 2 unspecified atom stereocenters. The first-order chi connectivity index (χ1) is 7.22. The highest BCUT2D eigenvalue weighted by Gasteiger charge is 2.48.